The number of ether oxygens (including phenoxy) is 2. The molecule has 0 aliphatic carbocycles. The molecule has 0 aliphatic rings. The lowest BCUT2D eigenvalue weighted by atomic mass is 10.0. The maximum atomic E-state index is 12.8. The third-order valence-corrected chi connectivity index (χ3v) is 15.4. The van der Waals surface area contributed by atoms with Crippen molar-refractivity contribution in [3.63, 3.8) is 0 Å². The molecule has 87 heavy (non-hydrogen) atoms. The van der Waals surface area contributed by atoms with Gasteiger partial charge in [-0.1, -0.05) is 307 Å². The number of carbonyl (C=O) groups is 2. The van der Waals surface area contributed by atoms with Crippen LogP contribution in [0.3, 0.4) is 0 Å². The molecule has 0 bridgehead atoms. The maximum absolute atomic E-state index is 12.8. The lowest BCUT2D eigenvalue weighted by Crippen LogP contribution is -2.29. The standard InChI is InChI=1S/C77H128NO8P/c1-3-5-7-9-11-13-15-17-19-21-23-25-27-29-31-33-34-35-36-37-38-39-40-42-44-46-48-50-52-54-56-58-60-62-64-66-68-70-77(80)86-75(74-85-87(81,82)84-72-71-78)73-83-76(79)69-67-65-63-61-59-57-55-53-51-49-47-45-43-41-32-30-28-26-24-22-20-18-16-14-12-10-8-6-4-2/h5-8,11-14,17-20,23-26,29-32,34-35,37-38,43,45,75H,3-4,9-10,15-16,21-22,27-28,33,36,39-42,44,46-74,78H2,1-2H3,(H,81,82)/b7-5-,8-6-,13-11-,14-12-,19-17-,20-18-,25-23-,26-24-,31-29-,32-30-,35-34-,38-37-,45-43-. The molecule has 10 heteroatoms. The monoisotopic (exact) mass is 1230 g/mol. The minimum absolute atomic E-state index is 0.0464. The molecule has 0 aromatic carbocycles. The van der Waals surface area contributed by atoms with Crippen LogP contribution in [0.1, 0.15) is 284 Å². The summed E-state index contributed by atoms with van der Waals surface area (Å²) in [5.41, 5.74) is 5.40. The Kier molecular flexibility index (Phi) is 67.2. The zero-order chi connectivity index (χ0) is 63.0. The molecular formula is C77H128NO8P. The van der Waals surface area contributed by atoms with Crippen molar-refractivity contribution in [1.29, 1.82) is 0 Å². The van der Waals surface area contributed by atoms with E-state index in [1.807, 2.05) is 0 Å². The van der Waals surface area contributed by atoms with Gasteiger partial charge in [-0.15, -0.1) is 0 Å². The molecule has 0 radical (unpaired) electrons. The summed E-state index contributed by atoms with van der Waals surface area (Å²) < 4.78 is 33.2. The second kappa shape index (κ2) is 70.7. The van der Waals surface area contributed by atoms with Crippen LogP contribution in [0.2, 0.25) is 0 Å². The summed E-state index contributed by atoms with van der Waals surface area (Å²) in [5, 5.41) is 0. The second-order valence-corrected chi connectivity index (χ2v) is 24.1. The first-order valence-electron chi connectivity index (χ1n) is 35.0. The minimum Gasteiger partial charge on any atom is -0.462 e. The lowest BCUT2D eigenvalue weighted by molar-refractivity contribution is -0.161. The molecule has 0 rings (SSSR count). The summed E-state index contributed by atoms with van der Waals surface area (Å²) in [4.78, 5) is 35.4. The highest BCUT2D eigenvalue weighted by molar-refractivity contribution is 7.47. The van der Waals surface area contributed by atoms with Crippen LogP contribution in [0.4, 0.5) is 0 Å². The van der Waals surface area contributed by atoms with Gasteiger partial charge in [0, 0.05) is 19.4 Å². The van der Waals surface area contributed by atoms with E-state index in [-0.39, 0.29) is 38.6 Å². The van der Waals surface area contributed by atoms with Crippen LogP contribution >= 0.6 is 7.82 Å². The largest absolute Gasteiger partial charge is 0.472 e. The molecule has 0 fully saturated rings. The smallest absolute Gasteiger partial charge is 0.462 e. The molecule has 0 heterocycles. The van der Waals surface area contributed by atoms with Gasteiger partial charge in [0.25, 0.3) is 0 Å². The molecule has 0 aromatic rings. The fraction of sp³-hybridized carbons (Fsp3) is 0.636. The first-order valence-corrected chi connectivity index (χ1v) is 36.5. The predicted molar refractivity (Wildman–Crippen MR) is 376 cm³/mol. The highest BCUT2D eigenvalue weighted by atomic mass is 31.2. The highest BCUT2D eigenvalue weighted by Crippen LogP contribution is 2.43. The molecule has 0 saturated carbocycles. The van der Waals surface area contributed by atoms with Gasteiger partial charge in [-0.2, -0.15) is 0 Å². The summed E-state index contributed by atoms with van der Waals surface area (Å²) in [6.07, 6.45) is 103. The van der Waals surface area contributed by atoms with Crippen molar-refractivity contribution < 1.29 is 37.6 Å². The lowest BCUT2D eigenvalue weighted by Gasteiger charge is -2.19. The van der Waals surface area contributed by atoms with E-state index in [1.54, 1.807) is 0 Å². The summed E-state index contributed by atoms with van der Waals surface area (Å²) in [7, 11) is -4.40. The van der Waals surface area contributed by atoms with Gasteiger partial charge in [-0.25, -0.2) is 4.57 Å². The van der Waals surface area contributed by atoms with Crippen molar-refractivity contribution in [3.8, 4) is 0 Å². The first-order chi connectivity index (χ1) is 42.8. The normalized spacial score (nSPS) is 13.9. The molecule has 0 amide bonds. The van der Waals surface area contributed by atoms with E-state index >= 15 is 0 Å². The quantitative estimate of drug-likeness (QED) is 0.0264. The molecule has 0 saturated heterocycles. The average molecular weight is 1230 g/mol. The number of esters is 2. The fourth-order valence-electron chi connectivity index (χ4n) is 9.33. The number of rotatable bonds is 64. The van der Waals surface area contributed by atoms with Crippen LogP contribution in [-0.4, -0.2) is 49.3 Å². The molecule has 2 unspecified atom stereocenters. The van der Waals surface area contributed by atoms with Gasteiger partial charge >= 0.3 is 19.8 Å². The van der Waals surface area contributed by atoms with E-state index in [2.05, 4.69) is 172 Å². The van der Waals surface area contributed by atoms with Crippen molar-refractivity contribution in [2.45, 2.75) is 290 Å². The zero-order valence-electron chi connectivity index (χ0n) is 55.4. The number of hydrogen-bond acceptors (Lipinski definition) is 8. The van der Waals surface area contributed by atoms with Gasteiger partial charge < -0.3 is 20.1 Å². The second-order valence-electron chi connectivity index (χ2n) is 22.6. The zero-order valence-corrected chi connectivity index (χ0v) is 56.3. The van der Waals surface area contributed by atoms with Crippen molar-refractivity contribution in [2.24, 2.45) is 5.73 Å². The number of unbranched alkanes of at least 4 members (excludes halogenated alkanes) is 25. The summed E-state index contributed by atoms with van der Waals surface area (Å²) in [6, 6.07) is 0. The van der Waals surface area contributed by atoms with Crippen LogP contribution < -0.4 is 5.73 Å². The number of hydrogen-bond donors (Lipinski definition) is 2. The van der Waals surface area contributed by atoms with Crippen molar-refractivity contribution in [2.75, 3.05) is 26.4 Å². The van der Waals surface area contributed by atoms with E-state index in [4.69, 9.17) is 24.3 Å². The average Bonchev–Trinajstić information content (AvgIpc) is 3.65. The van der Waals surface area contributed by atoms with Crippen LogP contribution in [-0.2, 0) is 32.7 Å². The summed E-state index contributed by atoms with van der Waals surface area (Å²) in [5.74, 6) is -0.835. The van der Waals surface area contributed by atoms with Gasteiger partial charge in [0.1, 0.15) is 6.61 Å². The molecule has 0 aromatic heterocycles. The summed E-state index contributed by atoms with van der Waals surface area (Å²) in [6.45, 7) is 3.52. The van der Waals surface area contributed by atoms with Gasteiger partial charge in [-0.3, -0.25) is 18.6 Å². The predicted octanol–water partition coefficient (Wildman–Crippen LogP) is 23.2. The Balaban J connectivity index is 3.93. The fourth-order valence-corrected chi connectivity index (χ4v) is 10.1. The van der Waals surface area contributed by atoms with Crippen LogP contribution in [0.25, 0.3) is 0 Å². The third kappa shape index (κ3) is 70.6. The number of carbonyl (C=O) groups excluding carboxylic acids is 2. The molecule has 9 nitrogen and oxygen atoms in total. The van der Waals surface area contributed by atoms with Gasteiger partial charge in [-0.05, 0) is 122 Å². The van der Waals surface area contributed by atoms with E-state index < -0.39 is 26.5 Å². The third-order valence-electron chi connectivity index (χ3n) is 14.4. The van der Waals surface area contributed by atoms with E-state index in [0.717, 1.165) is 135 Å². The number of phosphoric acid groups is 1. The first kappa shape index (κ1) is 82.6. The van der Waals surface area contributed by atoms with Gasteiger partial charge in [0.05, 0.1) is 13.2 Å². The Labute approximate surface area is 534 Å². The van der Waals surface area contributed by atoms with Crippen molar-refractivity contribution in [1.82, 2.24) is 0 Å². The maximum Gasteiger partial charge on any atom is 0.472 e. The molecule has 2 atom stereocenters. The molecule has 0 spiro atoms. The molecule has 494 valence electrons. The van der Waals surface area contributed by atoms with E-state index in [0.29, 0.717) is 6.42 Å². The Morgan fingerprint density at radius 2 is 0.598 bits per heavy atom. The highest BCUT2D eigenvalue weighted by Gasteiger charge is 2.26. The molecule has 0 aliphatic heterocycles. The Hall–Kier alpha value is -4.37. The minimum atomic E-state index is -4.40. The Morgan fingerprint density at radius 1 is 0.345 bits per heavy atom. The van der Waals surface area contributed by atoms with Crippen molar-refractivity contribution in [3.05, 3.63) is 158 Å². The molecular weight excluding hydrogens is 1100 g/mol. The Morgan fingerprint density at radius 3 is 0.885 bits per heavy atom. The van der Waals surface area contributed by atoms with E-state index in [1.165, 1.54) is 116 Å². The summed E-state index contributed by atoms with van der Waals surface area (Å²) >= 11 is 0. The SMILES string of the molecule is CC/C=C\C/C=C\C/C=C\C/C=C\C/C=C\C/C=C\C/C=C\CCCCCCCCCCCCCCCCCC(=O)OC(COC(=O)CCCCCCCCCCCC/C=C\C/C=C\C/C=C\C/C=C\C/C=C\C/C=C\CC)COP(=O)(O)OCCN. The van der Waals surface area contributed by atoms with Crippen LogP contribution in [0, 0.1) is 0 Å². The van der Waals surface area contributed by atoms with Crippen LogP contribution in [0.15, 0.2) is 158 Å². The van der Waals surface area contributed by atoms with Gasteiger partial charge in [0.15, 0.2) is 6.10 Å². The van der Waals surface area contributed by atoms with E-state index in [9.17, 15) is 19.0 Å². The topological polar surface area (TPSA) is 134 Å². The Bertz CT molecular complexity index is 1980. The number of allylic oxidation sites excluding steroid dienone is 26. The number of nitrogens with two attached hydrogens (primary N) is 1. The van der Waals surface area contributed by atoms with Gasteiger partial charge in [0.2, 0.25) is 0 Å². The van der Waals surface area contributed by atoms with Crippen LogP contribution in [0.5, 0.6) is 0 Å². The van der Waals surface area contributed by atoms with Crippen molar-refractivity contribution >= 4 is 19.8 Å². The number of phosphoric ester groups is 1. The molecule has 3 N–H and O–H groups in total.